The first kappa shape index (κ1) is 15.4. The molecule has 0 saturated carbocycles. The van der Waals surface area contributed by atoms with E-state index in [1.807, 2.05) is 36.4 Å². The maximum absolute atomic E-state index is 12.0. The zero-order valence-electron chi connectivity index (χ0n) is 12.3. The summed E-state index contributed by atoms with van der Waals surface area (Å²) < 4.78 is 0.950. The molecule has 0 spiro atoms. The number of halogens is 1. The number of hydrogen-bond acceptors (Lipinski definition) is 4. The van der Waals surface area contributed by atoms with Crippen molar-refractivity contribution in [2.45, 2.75) is 0 Å². The second kappa shape index (κ2) is 7.19. The van der Waals surface area contributed by atoms with Crippen LogP contribution in [0.15, 0.2) is 59.3 Å². The first-order valence-electron chi connectivity index (χ1n) is 7.21. The van der Waals surface area contributed by atoms with Crippen molar-refractivity contribution in [3.63, 3.8) is 0 Å². The van der Waals surface area contributed by atoms with Crippen molar-refractivity contribution in [2.24, 2.45) is 0 Å². The SMILES string of the molecule is O=C(NCCNc1ncnc2ccccc12)c1ccc(Br)cc1. The molecule has 116 valence electrons. The summed E-state index contributed by atoms with van der Waals surface area (Å²) in [5, 5.41) is 7.07. The Hall–Kier alpha value is -2.47. The molecule has 2 N–H and O–H groups in total. The van der Waals surface area contributed by atoms with Crippen molar-refractivity contribution in [3.05, 3.63) is 64.9 Å². The van der Waals surface area contributed by atoms with Crippen LogP contribution in [0.25, 0.3) is 10.9 Å². The zero-order valence-corrected chi connectivity index (χ0v) is 13.9. The van der Waals surface area contributed by atoms with Gasteiger partial charge >= 0.3 is 0 Å². The number of anilines is 1. The lowest BCUT2D eigenvalue weighted by Crippen LogP contribution is -2.28. The highest BCUT2D eigenvalue weighted by Crippen LogP contribution is 2.17. The van der Waals surface area contributed by atoms with Gasteiger partial charge in [0, 0.05) is 28.5 Å². The van der Waals surface area contributed by atoms with E-state index in [1.54, 1.807) is 12.1 Å². The number of amides is 1. The molecule has 0 aliphatic carbocycles. The van der Waals surface area contributed by atoms with E-state index in [0.29, 0.717) is 18.7 Å². The number of hydrogen-bond donors (Lipinski definition) is 2. The lowest BCUT2D eigenvalue weighted by molar-refractivity contribution is 0.0955. The summed E-state index contributed by atoms with van der Waals surface area (Å²) in [7, 11) is 0. The lowest BCUT2D eigenvalue weighted by Gasteiger charge is -2.09. The number of carbonyl (C=O) groups is 1. The average Bonchev–Trinajstić information content (AvgIpc) is 2.59. The van der Waals surface area contributed by atoms with Crippen LogP contribution in [0.2, 0.25) is 0 Å². The Morgan fingerprint density at radius 2 is 1.78 bits per heavy atom. The minimum atomic E-state index is -0.0909. The van der Waals surface area contributed by atoms with E-state index in [9.17, 15) is 4.79 Å². The van der Waals surface area contributed by atoms with Crippen molar-refractivity contribution < 1.29 is 4.79 Å². The van der Waals surface area contributed by atoms with Gasteiger partial charge < -0.3 is 10.6 Å². The summed E-state index contributed by atoms with van der Waals surface area (Å²) in [4.78, 5) is 20.5. The topological polar surface area (TPSA) is 66.9 Å². The van der Waals surface area contributed by atoms with E-state index in [1.165, 1.54) is 6.33 Å². The number of rotatable bonds is 5. The molecular weight excluding hydrogens is 356 g/mol. The van der Waals surface area contributed by atoms with Crippen LogP contribution in [-0.4, -0.2) is 29.0 Å². The predicted octanol–water partition coefficient (Wildman–Crippen LogP) is 3.23. The van der Waals surface area contributed by atoms with Gasteiger partial charge in [-0.25, -0.2) is 9.97 Å². The Balaban J connectivity index is 1.55. The maximum atomic E-state index is 12.0. The van der Waals surface area contributed by atoms with E-state index in [0.717, 1.165) is 21.2 Å². The molecule has 0 aliphatic rings. The molecule has 23 heavy (non-hydrogen) atoms. The summed E-state index contributed by atoms with van der Waals surface area (Å²) in [5.41, 5.74) is 1.53. The minimum Gasteiger partial charge on any atom is -0.368 e. The van der Waals surface area contributed by atoms with Crippen LogP contribution in [0.4, 0.5) is 5.82 Å². The number of fused-ring (bicyclic) bond motifs is 1. The summed E-state index contributed by atoms with van der Waals surface area (Å²) in [6.07, 6.45) is 1.53. The lowest BCUT2D eigenvalue weighted by atomic mass is 10.2. The second-order valence-electron chi connectivity index (χ2n) is 4.93. The smallest absolute Gasteiger partial charge is 0.251 e. The molecule has 0 saturated heterocycles. The number of carbonyl (C=O) groups excluding carboxylic acids is 1. The quantitative estimate of drug-likeness (QED) is 0.676. The molecule has 3 aromatic rings. The van der Waals surface area contributed by atoms with Crippen molar-refractivity contribution in [2.75, 3.05) is 18.4 Å². The molecule has 0 unspecified atom stereocenters. The zero-order chi connectivity index (χ0) is 16.1. The van der Waals surface area contributed by atoms with E-state index < -0.39 is 0 Å². The Kier molecular flexibility index (Phi) is 4.83. The fraction of sp³-hybridized carbons (Fsp3) is 0.118. The van der Waals surface area contributed by atoms with E-state index >= 15 is 0 Å². The van der Waals surface area contributed by atoms with Gasteiger partial charge in [0.15, 0.2) is 0 Å². The van der Waals surface area contributed by atoms with E-state index in [-0.39, 0.29) is 5.91 Å². The largest absolute Gasteiger partial charge is 0.368 e. The number of para-hydroxylation sites is 1. The third kappa shape index (κ3) is 3.84. The second-order valence-corrected chi connectivity index (χ2v) is 5.84. The molecule has 5 nitrogen and oxygen atoms in total. The van der Waals surface area contributed by atoms with Gasteiger partial charge in [0.05, 0.1) is 5.52 Å². The number of benzene rings is 2. The van der Waals surface area contributed by atoms with Crippen molar-refractivity contribution in [3.8, 4) is 0 Å². The molecule has 0 aliphatic heterocycles. The molecule has 6 heteroatoms. The fourth-order valence-electron chi connectivity index (χ4n) is 2.21. The van der Waals surface area contributed by atoms with Gasteiger partial charge in [0.2, 0.25) is 0 Å². The molecule has 3 rings (SSSR count). The molecular formula is C17H15BrN4O. The van der Waals surface area contributed by atoms with Gasteiger partial charge in [-0.2, -0.15) is 0 Å². The van der Waals surface area contributed by atoms with Gasteiger partial charge in [-0.1, -0.05) is 28.1 Å². The maximum Gasteiger partial charge on any atom is 0.251 e. The Labute approximate surface area is 142 Å². The minimum absolute atomic E-state index is 0.0909. The normalized spacial score (nSPS) is 10.5. The molecule has 1 heterocycles. The summed E-state index contributed by atoms with van der Waals surface area (Å²) in [6, 6.07) is 15.1. The average molecular weight is 371 g/mol. The van der Waals surface area contributed by atoms with Crippen LogP contribution < -0.4 is 10.6 Å². The van der Waals surface area contributed by atoms with Crippen molar-refractivity contribution in [1.82, 2.24) is 15.3 Å². The highest BCUT2D eigenvalue weighted by molar-refractivity contribution is 9.10. The van der Waals surface area contributed by atoms with Gasteiger partial charge in [0.25, 0.3) is 5.91 Å². The van der Waals surface area contributed by atoms with Crippen LogP contribution >= 0.6 is 15.9 Å². The van der Waals surface area contributed by atoms with Crippen molar-refractivity contribution >= 4 is 38.6 Å². The van der Waals surface area contributed by atoms with Gasteiger partial charge in [-0.3, -0.25) is 4.79 Å². The number of nitrogens with zero attached hydrogens (tertiary/aromatic N) is 2. The fourth-order valence-corrected chi connectivity index (χ4v) is 2.47. The molecule has 0 fully saturated rings. The van der Waals surface area contributed by atoms with Crippen LogP contribution in [0.5, 0.6) is 0 Å². The molecule has 1 aromatic heterocycles. The monoisotopic (exact) mass is 370 g/mol. The highest BCUT2D eigenvalue weighted by Gasteiger charge is 2.05. The van der Waals surface area contributed by atoms with Crippen molar-refractivity contribution in [1.29, 1.82) is 0 Å². The van der Waals surface area contributed by atoms with E-state index in [2.05, 4.69) is 36.5 Å². The van der Waals surface area contributed by atoms with E-state index in [4.69, 9.17) is 0 Å². The van der Waals surface area contributed by atoms with Gasteiger partial charge in [-0.05, 0) is 36.4 Å². The Bertz CT molecular complexity index is 815. The highest BCUT2D eigenvalue weighted by atomic mass is 79.9. The number of aromatic nitrogens is 2. The number of nitrogens with one attached hydrogen (secondary N) is 2. The third-order valence-corrected chi connectivity index (χ3v) is 3.88. The Morgan fingerprint density at radius 1 is 1.00 bits per heavy atom. The van der Waals surface area contributed by atoms with Gasteiger partial charge in [0.1, 0.15) is 12.1 Å². The molecule has 0 atom stereocenters. The predicted molar refractivity (Wildman–Crippen MR) is 94.5 cm³/mol. The van der Waals surface area contributed by atoms with Crippen LogP contribution in [0, 0.1) is 0 Å². The molecule has 0 radical (unpaired) electrons. The first-order valence-corrected chi connectivity index (χ1v) is 8.01. The summed E-state index contributed by atoms with van der Waals surface area (Å²) in [6.45, 7) is 1.09. The molecule has 0 bridgehead atoms. The standard InChI is InChI=1S/C17H15BrN4O/c18-13-7-5-12(6-8-13)17(23)20-10-9-19-16-14-3-1-2-4-15(14)21-11-22-16/h1-8,11H,9-10H2,(H,20,23)(H,19,21,22). The third-order valence-electron chi connectivity index (χ3n) is 3.35. The van der Waals surface area contributed by atoms with Crippen LogP contribution in [0.3, 0.4) is 0 Å². The van der Waals surface area contributed by atoms with Gasteiger partial charge in [-0.15, -0.1) is 0 Å². The van der Waals surface area contributed by atoms with Crippen LogP contribution in [-0.2, 0) is 0 Å². The molecule has 1 amide bonds. The van der Waals surface area contributed by atoms with Crippen LogP contribution in [0.1, 0.15) is 10.4 Å². The first-order chi connectivity index (χ1) is 11.2. The Morgan fingerprint density at radius 3 is 2.61 bits per heavy atom. The summed E-state index contributed by atoms with van der Waals surface area (Å²) >= 11 is 3.35. The summed E-state index contributed by atoms with van der Waals surface area (Å²) in [5.74, 6) is 0.681. The molecule has 2 aromatic carbocycles.